The predicted octanol–water partition coefficient (Wildman–Crippen LogP) is 3.67. The van der Waals surface area contributed by atoms with Crippen molar-refractivity contribution in [3.05, 3.63) is 22.2 Å². The minimum Gasteiger partial charge on any atom is -0.490 e. The third kappa shape index (κ3) is 2.88. The van der Waals surface area contributed by atoms with Crippen LogP contribution in [-0.4, -0.2) is 23.4 Å². The van der Waals surface area contributed by atoms with Crippen molar-refractivity contribution in [2.45, 2.75) is 13.8 Å². The highest BCUT2D eigenvalue weighted by atomic mass is 32.1. The van der Waals surface area contributed by atoms with E-state index in [1.54, 1.807) is 0 Å². The molecule has 0 radical (unpaired) electrons. The second-order valence-corrected chi connectivity index (χ2v) is 5.11. The Labute approximate surface area is 115 Å². The molecule has 0 aliphatic rings. The molecule has 0 unspecified atom stereocenters. The monoisotopic (exact) mass is 282 g/mol. The van der Waals surface area contributed by atoms with Gasteiger partial charge in [0, 0.05) is 5.56 Å². The van der Waals surface area contributed by atoms with Crippen molar-refractivity contribution in [2.75, 3.05) is 13.2 Å². The van der Waals surface area contributed by atoms with E-state index in [-0.39, 0.29) is 0 Å². The number of benzene rings is 1. The van der Waals surface area contributed by atoms with Crippen LogP contribution < -0.4 is 9.47 Å². The number of hydrogen-bond acceptors (Lipinski definition) is 5. The SMILES string of the molecule is CCOc1ccc(-c2n[nH]c(=S)s2)cc1OCC. The van der Waals surface area contributed by atoms with Gasteiger partial charge in [0.05, 0.1) is 13.2 Å². The van der Waals surface area contributed by atoms with Gasteiger partial charge in [-0.2, -0.15) is 5.10 Å². The maximum absolute atomic E-state index is 5.57. The van der Waals surface area contributed by atoms with E-state index in [2.05, 4.69) is 10.2 Å². The van der Waals surface area contributed by atoms with Crippen LogP contribution in [0.3, 0.4) is 0 Å². The van der Waals surface area contributed by atoms with Gasteiger partial charge in [-0.15, -0.1) is 0 Å². The zero-order valence-corrected chi connectivity index (χ0v) is 11.9. The second-order valence-electron chi connectivity index (χ2n) is 3.45. The number of aromatic amines is 1. The lowest BCUT2D eigenvalue weighted by molar-refractivity contribution is 0.288. The van der Waals surface area contributed by atoms with Gasteiger partial charge in [0.25, 0.3) is 0 Å². The van der Waals surface area contributed by atoms with Gasteiger partial charge in [0.2, 0.25) is 0 Å². The molecule has 0 fully saturated rings. The summed E-state index contributed by atoms with van der Waals surface area (Å²) in [5, 5.41) is 7.78. The number of aromatic nitrogens is 2. The van der Waals surface area contributed by atoms with E-state index >= 15 is 0 Å². The molecule has 0 saturated carbocycles. The Balaban J connectivity index is 2.38. The molecule has 6 heteroatoms. The molecule has 1 aromatic heterocycles. The third-order valence-electron chi connectivity index (χ3n) is 2.23. The van der Waals surface area contributed by atoms with Crippen molar-refractivity contribution in [2.24, 2.45) is 0 Å². The van der Waals surface area contributed by atoms with Crippen molar-refractivity contribution >= 4 is 23.6 Å². The normalized spacial score (nSPS) is 10.3. The molecule has 1 heterocycles. The van der Waals surface area contributed by atoms with Crippen LogP contribution in [0.4, 0.5) is 0 Å². The lowest BCUT2D eigenvalue weighted by Gasteiger charge is -2.11. The lowest BCUT2D eigenvalue weighted by atomic mass is 10.2. The molecule has 0 amide bonds. The van der Waals surface area contributed by atoms with Crippen molar-refractivity contribution < 1.29 is 9.47 Å². The quantitative estimate of drug-likeness (QED) is 0.850. The molecule has 0 aliphatic heterocycles. The molecule has 2 aromatic rings. The average molecular weight is 282 g/mol. The van der Waals surface area contributed by atoms with Crippen LogP contribution in [0, 0.1) is 3.95 Å². The summed E-state index contributed by atoms with van der Waals surface area (Å²) < 4.78 is 11.8. The summed E-state index contributed by atoms with van der Waals surface area (Å²) in [4.78, 5) is 0. The van der Waals surface area contributed by atoms with Crippen LogP contribution in [0.15, 0.2) is 18.2 Å². The lowest BCUT2D eigenvalue weighted by Crippen LogP contribution is -1.98. The molecule has 0 bridgehead atoms. The smallest absolute Gasteiger partial charge is 0.176 e. The molecule has 0 saturated heterocycles. The first-order chi connectivity index (χ1) is 8.74. The summed E-state index contributed by atoms with van der Waals surface area (Å²) in [6.45, 7) is 5.10. The molecule has 2 rings (SSSR count). The maximum Gasteiger partial charge on any atom is 0.176 e. The fourth-order valence-corrected chi connectivity index (χ4v) is 2.42. The summed E-state index contributed by atoms with van der Waals surface area (Å²) in [6, 6.07) is 5.78. The Morgan fingerprint density at radius 1 is 1.22 bits per heavy atom. The molecule has 0 aliphatic carbocycles. The number of ether oxygens (including phenoxy) is 2. The summed E-state index contributed by atoms with van der Waals surface area (Å²) in [7, 11) is 0. The number of hydrogen-bond donors (Lipinski definition) is 1. The van der Waals surface area contributed by atoms with Crippen molar-refractivity contribution in [1.29, 1.82) is 0 Å². The minimum atomic E-state index is 0.597. The first-order valence-electron chi connectivity index (χ1n) is 5.70. The van der Waals surface area contributed by atoms with Crippen molar-refractivity contribution in [1.82, 2.24) is 10.2 Å². The standard InChI is InChI=1S/C12H14N2O2S2/c1-3-15-9-6-5-8(7-10(9)16-4-2)11-13-14-12(17)18-11/h5-7H,3-4H2,1-2H3,(H,14,17). The van der Waals surface area contributed by atoms with Gasteiger partial charge >= 0.3 is 0 Å². The summed E-state index contributed by atoms with van der Waals surface area (Å²) in [5.74, 6) is 1.49. The summed E-state index contributed by atoms with van der Waals surface area (Å²) in [6.07, 6.45) is 0. The molecular weight excluding hydrogens is 268 g/mol. The molecule has 18 heavy (non-hydrogen) atoms. The Kier molecular flexibility index (Phi) is 4.33. The number of nitrogens with zero attached hydrogens (tertiary/aromatic N) is 1. The van der Waals surface area contributed by atoms with Gasteiger partial charge < -0.3 is 9.47 Å². The van der Waals surface area contributed by atoms with E-state index in [1.807, 2.05) is 32.0 Å². The number of nitrogens with one attached hydrogen (secondary N) is 1. The third-order valence-corrected chi connectivity index (χ3v) is 3.37. The van der Waals surface area contributed by atoms with E-state index in [0.717, 1.165) is 22.1 Å². The Bertz CT molecular complexity index is 577. The minimum absolute atomic E-state index is 0.597. The number of H-pyrrole nitrogens is 1. The zero-order valence-electron chi connectivity index (χ0n) is 10.2. The molecule has 96 valence electrons. The topological polar surface area (TPSA) is 47.1 Å². The van der Waals surface area contributed by atoms with E-state index in [1.165, 1.54) is 11.3 Å². The van der Waals surface area contributed by atoms with Crippen LogP contribution in [0.1, 0.15) is 13.8 Å². The average Bonchev–Trinajstić information content (AvgIpc) is 2.79. The fourth-order valence-electron chi connectivity index (χ4n) is 1.54. The Morgan fingerprint density at radius 3 is 2.56 bits per heavy atom. The summed E-state index contributed by atoms with van der Waals surface area (Å²) >= 11 is 6.47. The molecule has 1 N–H and O–H groups in total. The van der Waals surface area contributed by atoms with Crippen LogP contribution in [0.25, 0.3) is 10.6 Å². The van der Waals surface area contributed by atoms with E-state index < -0.39 is 0 Å². The van der Waals surface area contributed by atoms with Crippen LogP contribution in [0.5, 0.6) is 11.5 Å². The van der Waals surface area contributed by atoms with Crippen molar-refractivity contribution in [3.63, 3.8) is 0 Å². The van der Waals surface area contributed by atoms with Gasteiger partial charge in [0.1, 0.15) is 5.01 Å². The van der Waals surface area contributed by atoms with E-state index in [0.29, 0.717) is 17.2 Å². The van der Waals surface area contributed by atoms with Gasteiger partial charge in [-0.1, -0.05) is 11.3 Å². The van der Waals surface area contributed by atoms with Crippen LogP contribution in [0.2, 0.25) is 0 Å². The first kappa shape index (κ1) is 13.0. The first-order valence-corrected chi connectivity index (χ1v) is 6.92. The largest absolute Gasteiger partial charge is 0.490 e. The number of rotatable bonds is 5. The highest BCUT2D eigenvalue weighted by molar-refractivity contribution is 7.73. The van der Waals surface area contributed by atoms with Gasteiger partial charge in [-0.25, -0.2) is 0 Å². The van der Waals surface area contributed by atoms with E-state index in [9.17, 15) is 0 Å². The van der Waals surface area contributed by atoms with Crippen LogP contribution in [-0.2, 0) is 0 Å². The van der Waals surface area contributed by atoms with Gasteiger partial charge in [0.15, 0.2) is 15.5 Å². The molecule has 0 atom stereocenters. The van der Waals surface area contributed by atoms with Gasteiger partial charge in [-0.3, -0.25) is 5.10 Å². The molecule has 4 nitrogen and oxygen atoms in total. The Morgan fingerprint density at radius 2 is 1.94 bits per heavy atom. The summed E-state index contributed by atoms with van der Waals surface area (Å²) in [5.41, 5.74) is 0.972. The molecular formula is C12H14N2O2S2. The maximum atomic E-state index is 5.57. The molecule has 1 aromatic carbocycles. The van der Waals surface area contributed by atoms with Gasteiger partial charge in [-0.05, 0) is 44.3 Å². The second kappa shape index (κ2) is 5.97. The highest BCUT2D eigenvalue weighted by Gasteiger charge is 2.09. The zero-order chi connectivity index (χ0) is 13.0. The fraction of sp³-hybridized carbons (Fsp3) is 0.333. The molecule has 0 spiro atoms. The highest BCUT2D eigenvalue weighted by Crippen LogP contribution is 2.33. The van der Waals surface area contributed by atoms with E-state index in [4.69, 9.17) is 21.7 Å². The Hall–Kier alpha value is -1.40. The predicted molar refractivity (Wildman–Crippen MR) is 75.1 cm³/mol. The van der Waals surface area contributed by atoms with Crippen molar-refractivity contribution in [3.8, 4) is 22.1 Å². The van der Waals surface area contributed by atoms with Crippen LogP contribution >= 0.6 is 23.6 Å².